The first-order chi connectivity index (χ1) is 4.75. The molecule has 5 heteroatoms. The molecule has 1 atom stereocenters. The zero-order valence-electron chi connectivity index (χ0n) is 6.87. The second-order valence-electron chi connectivity index (χ2n) is 3.48. The SMILES string of the molecule is CC(C)(C)C(O)(CO)[N+](=O)[O-]. The summed E-state index contributed by atoms with van der Waals surface area (Å²) in [4.78, 5) is 9.43. The monoisotopic (exact) mass is 163 g/mol. The molecule has 66 valence electrons. The molecule has 0 amide bonds. The van der Waals surface area contributed by atoms with E-state index in [9.17, 15) is 15.2 Å². The zero-order chi connectivity index (χ0) is 9.28. The number of rotatable bonds is 2. The van der Waals surface area contributed by atoms with Gasteiger partial charge in [0.05, 0.1) is 10.3 Å². The first kappa shape index (κ1) is 10.3. The van der Waals surface area contributed by atoms with Gasteiger partial charge >= 0.3 is 5.72 Å². The maximum atomic E-state index is 10.3. The number of hydrogen-bond donors (Lipinski definition) is 2. The number of nitro groups is 1. The van der Waals surface area contributed by atoms with E-state index < -0.39 is 22.7 Å². The lowest BCUT2D eigenvalue weighted by molar-refractivity contribution is -0.648. The van der Waals surface area contributed by atoms with Crippen molar-refractivity contribution >= 4 is 0 Å². The van der Waals surface area contributed by atoms with E-state index in [0.717, 1.165) is 0 Å². The summed E-state index contributed by atoms with van der Waals surface area (Å²) in [5.74, 6) is 0. The van der Waals surface area contributed by atoms with Crippen LogP contribution >= 0.6 is 0 Å². The maximum Gasteiger partial charge on any atom is 0.350 e. The molecule has 0 spiro atoms. The van der Waals surface area contributed by atoms with E-state index in [1.165, 1.54) is 20.8 Å². The Morgan fingerprint density at radius 2 is 1.82 bits per heavy atom. The van der Waals surface area contributed by atoms with Crippen LogP contribution in [0.2, 0.25) is 0 Å². The van der Waals surface area contributed by atoms with E-state index in [1.807, 2.05) is 0 Å². The van der Waals surface area contributed by atoms with Gasteiger partial charge in [0.2, 0.25) is 0 Å². The van der Waals surface area contributed by atoms with Crippen molar-refractivity contribution in [2.45, 2.75) is 26.5 Å². The van der Waals surface area contributed by atoms with Crippen molar-refractivity contribution in [3.05, 3.63) is 10.1 Å². The van der Waals surface area contributed by atoms with E-state index in [2.05, 4.69) is 0 Å². The predicted octanol–water partition coefficient (Wildman–Crippen LogP) is -0.00990. The molecule has 0 heterocycles. The van der Waals surface area contributed by atoms with E-state index in [1.54, 1.807) is 0 Å². The second kappa shape index (κ2) is 2.75. The Labute approximate surface area is 64.8 Å². The lowest BCUT2D eigenvalue weighted by Gasteiger charge is -2.29. The molecule has 0 aromatic heterocycles. The second-order valence-corrected chi connectivity index (χ2v) is 3.48. The smallest absolute Gasteiger partial charge is 0.350 e. The van der Waals surface area contributed by atoms with Gasteiger partial charge in [-0.25, -0.2) is 0 Å². The average Bonchev–Trinajstić information content (AvgIpc) is 1.83. The van der Waals surface area contributed by atoms with Gasteiger partial charge in [-0.05, 0) is 0 Å². The van der Waals surface area contributed by atoms with Crippen LogP contribution in [0.3, 0.4) is 0 Å². The molecule has 0 saturated carbocycles. The van der Waals surface area contributed by atoms with E-state index in [4.69, 9.17) is 5.11 Å². The number of aliphatic hydroxyl groups is 2. The van der Waals surface area contributed by atoms with Crippen LogP contribution in [0.4, 0.5) is 0 Å². The van der Waals surface area contributed by atoms with Crippen LogP contribution in [0.5, 0.6) is 0 Å². The third-order valence-electron chi connectivity index (χ3n) is 1.72. The summed E-state index contributed by atoms with van der Waals surface area (Å²) in [5, 5.41) is 28.2. The molecular formula is C6H13NO4. The highest BCUT2D eigenvalue weighted by Crippen LogP contribution is 2.29. The van der Waals surface area contributed by atoms with Crippen LogP contribution in [-0.2, 0) is 0 Å². The molecule has 0 bridgehead atoms. The van der Waals surface area contributed by atoms with Gasteiger partial charge in [-0.15, -0.1) is 0 Å². The van der Waals surface area contributed by atoms with Gasteiger partial charge in [-0.1, -0.05) is 20.8 Å². The van der Waals surface area contributed by atoms with Crippen molar-refractivity contribution in [2.75, 3.05) is 6.61 Å². The third-order valence-corrected chi connectivity index (χ3v) is 1.72. The highest BCUT2D eigenvalue weighted by molar-refractivity contribution is 4.79. The molecule has 1 unspecified atom stereocenters. The van der Waals surface area contributed by atoms with E-state index in [-0.39, 0.29) is 0 Å². The van der Waals surface area contributed by atoms with Crippen LogP contribution in [0, 0.1) is 15.5 Å². The Kier molecular flexibility index (Phi) is 2.58. The van der Waals surface area contributed by atoms with Crippen molar-refractivity contribution in [1.82, 2.24) is 0 Å². The molecule has 0 aliphatic rings. The summed E-state index contributed by atoms with van der Waals surface area (Å²) < 4.78 is 0. The highest BCUT2D eigenvalue weighted by atomic mass is 16.7. The maximum absolute atomic E-state index is 10.3. The molecule has 0 aliphatic heterocycles. The van der Waals surface area contributed by atoms with E-state index >= 15 is 0 Å². The zero-order valence-corrected chi connectivity index (χ0v) is 6.87. The lowest BCUT2D eigenvalue weighted by atomic mass is 9.84. The van der Waals surface area contributed by atoms with Gasteiger partial charge in [-0.3, -0.25) is 10.1 Å². The first-order valence-electron chi connectivity index (χ1n) is 3.23. The normalized spacial score (nSPS) is 17.5. The summed E-state index contributed by atoms with van der Waals surface area (Å²) in [6, 6.07) is 0. The van der Waals surface area contributed by atoms with Crippen LogP contribution in [0.25, 0.3) is 0 Å². The van der Waals surface area contributed by atoms with Gasteiger partial charge < -0.3 is 10.2 Å². The number of hydrogen-bond acceptors (Lipinski definition) is 4. The van der Waals surface area contributed by atoms with Crippen LogP contribution in [0.1, 0.15) is 20.8 Å². The third kappa shape index (κ3) is 1.66. The number of nitrogens with zero attached hydrogens (tertiary/aromatic N) is 1. The Morgan fingerprint density at radius 3 is 1.82 bits per heavy atom. The van der Waals surface area contributed by atoms with E-state index in [0.29, 0.717) is 0 Å². The molecule has 0 rings (SSSR count). The minimum atomic E-state index is -2.24. The molecule has 0 saturated heterocycles. The fourth-order valence-corrected chi connectivity index (χ4v) is 0.569. The summed E-state index contributed by atoms with van der Waals surface area (Å²) in [6.07, 6.45) is 0. The first-order valence-corrected chi connectivity index (χ1v) is 3.23. The fraction of sp³-hybridized carbons (Fsp3) is 1.00. The summed E-state index contributed by atoms with van der Waals surface area (Å²) in [5.41, 5.74) is -3.21. The average molecular weight is 163 g/mol. The molecule has 0 fully saturated rings. The summed E-state index contributed by atoms with van der Waals surface area (Å²) in [6.45, 7) is 3.60. The van der Waals surface area contributed by atoms with Crippen LogP contribution in [-0.4, -0.2) is 27.5 Å². The topological polar surface area (TPSA) is 83.6 Å². The van der Waals surface area contributed by atoms with Gasteiger partial charge in [0.15, 0.2) is 0 Å². The molecule has 2 N–H and O–H groups in total. The van der Waals surface area contributed by atoms with Crippen LogP contribution in [0.15, 0.2) is 0 Å². The Bertz CT molecular complexity index is 162. The predicted molar refractivity (Wildman–Crippen MR) is 38.5 cm³/mol. The Hall–Kier alpha value is -0.680. The van der Waals surface area contributed by atoms with Gasteiger partial charge in [0, 0.05) is 0 Å². The highest BCUT2D eigenvalue weighted by Gasteiger charge is 2.51. The van der Waals surface area contributed by atoms with Crippen molar-refractivity contribution in [2.24, 2.45) is 5.41 Å². The van der Waals surface area contributed by atoms with Crippen molar-refractivity contribution in [3.63, 3.8) is 0 Å². The summed E-state index contributed by atoms with van der Waals surface area (Å²) >= 11 is 0. The minimum absolute atomic E-state index is 0.868. The quantitative estimate of drug-likeness (QED) is 0.340. The number of aliphatic hydroxyl groups excluding tert-OH is 1. The molecule has 11 heavy (non-hydrogen) atoms. The Balaban J connectivity index is 4.75. The van der Waals surface area contributed by atoms with Crippen LogP contribution < -0.4 is 0 Å². The Morgan fingerprint density at radius 1 is 1.45 bits per heavy atom. The molecular weight excluding hydrogens is 150 g/mol. The standard InChI is InChI=1S/C6H13NO4/c1-5(2,3)6(9,4-8)7(10)11/h8-9H,4H2,1-3H3. The molecule has 0 radical (unpaired) electrons. The van der Waals surface area contributed by atoms with Gasteiger partial charge in [0.25, 0.3) is 0 Å². The molecule has 5 nitrogen and oxygen atoms in total. The molecule has 0 aromatic carbocycles. The fourth-order valence-electron chi connectivity index (χ4n) is 0.569. The lowest BCUT2D eigenvalue weighted by Crippen LogP contribution is -2.52. The van der Waals surface area contributed by atoms with Gasteiger partial charge in [0.1, 0.15) is 6.61 Å². The van der Waals surface area contributed by atoms with Gasteiger partial charge in [-0.2, -0.15) is 0 Å². The van der Waals surface area contributed by atoms with Crippen molar-refractivity contribution < 1.29 is 15.1 Å². The molecule has 0 aliphatic carbocycles. The van der Waals surface area contributed by atoms with Crippen molar-refractivity contribution in [3.8, 4) is 0 Å². The minimum Gasteiger partial charge on any atom is -0.386 e. The molecule has 0 aromatic rings. The largest absolute Gasteiger partial charge is 0.386 e. The van der Waals surface area contributed by atoms with Crippen molar-refractivity contribution in [1.29, 1.82) is 0 Å². The summed E-state index contributed by atoms with van der Waals surface area (Å²) in [7, 11) is 0.